The number of nitrogens with zero attached hydrogens (tertiary/aromatic N) is 1. The molecule has 3 nitrogen and oxygen atoms in total. The van der Waals surface area contributed by atoms with Crippen LogP contribution in [0.1, 0.15) is 44.6 Å². The first-order valence-corrected chi connectivity index (χ1v) is 7.85. The molecule has 1 aromatic carbocycles. The van der Waals surface area contributed by atoms with Crippen molar-refractivity contribution in [3.63, 3.8) is 0 Å². The SMILES string of the molecule is CCCCCC[C@H]1Cc2ccccc2N2C(=O)OC[C@H]12. The summed E-state index contributed by atoms with van der Waals surface area (Å²) < 4.78 is 5.30. The molecule has 0 saturated carbocycles. The van der Waals surface area contributed by atoms with Crippen molar-refractivity contribution in [3.05, 3.63) is 29.8 Å². The molecule has 1 amide bonds. The zero-order valence-corrected chi connectivity index (χ0v) is 12.2. The number of ether oxygens (including phenoxy) is 1. The Bertz CT molecular complexity index is 486. The van der Waals surface area contributed by atoms with Crippen molar-refractivity contribution in [1.29, 1.82) is 0 Å². The zero-order valence-electron chi connectivity index (χ0n) is 12.2. The molecule has 3 rings (SSSR count). The Kier molecular flexibility index (Phi) is 3.95. The molecule has 0 bridgehead atoms. The second kappa shape index (κ2) is 5.86. The van der Waals surface area contributed by atoms with Crippen LogP contribution in [0.2, 0.25) is 0 Å². The molecule has 0 aromatic heterocycles. The molecule has 0 spiro atoms. The number of anilines is 1. The van der Waals surface area contributed by atoms with Crippen molar-refractivity contribution < 1.29 is 9.53 Å². The van der Waals surface area contributed by atoms with Crippen LogP contribution in [0.3, 0.4) is 0 Å². The van der Waals surface area contributed by atoms with Gasteiger partial charge in [0.2, 0.25) is 0 Å². The highest BCUT2D eigenvalue weighted by Crippen LogP contribution is 2.39. The molecule has 1 aromatic rings. The van der Waals surface area contributed by atoms with E-state index in [1.807, 2.05) is 17.0 Å². The van der Waals surface area contributed by atoms with Crippen LogP contribution in [0.15, 0.2) is 24.3 Å². The number of hydrogen-bond donors (Lipinski definition) is 0. The third kappa shape index (κ3) is 2.41. The summed E-state index contributed by atoms with van der Waals surface area (Å²) in [6.07, 6.45) is 7.26. The van der Waals surface area contributed by atoms with Crippen molar-refractivity contribution in [1.82, 2.24) is 0 Å². The molecular weight excluding hydrogens is 250 g/mol. The smallest absolute Gasteiger partial charge is 0.414 e. The first-order chi connectivity index (χ1) is 9.81. The number of carbonyl (C=O) groups is 1. The van der Waals surface area contributed by atoms with Gasteiger partial charge in [0.25, 0.3) is 0 Å². The molecule has 2 heterocycles. The summed E-state index contributed by atoms with van der Waals surface area (Å²) in [5.74, 6) is 0.549. The minimum atomic E-state index is -0.166. The molecule has 0 aliphatic carbocycles. The average Bonchev–Trinajstić information content (AvgIpc) is 2.86. The predicted molar refractivity (Wildman–Crippen MR) is 80.0 cm³/mol. The Morgan fingerprint density at radius 3 is 2.95 bits per heavy atom. The summed E-state index contributed by atoms with van der Waals surface area (Å²) in [5.41, 5.74) is 2.35. The van der Waals surface area contributed by atoms with Gasteiger partial charge in [-0.2, -0.15) is 0 Å². The van der Waals surface area contributed by atoms with Crippen LogP contribution >= 0.6 is 0 Å². The van der Waals surface area contributed by atoms with E-state index in [2.05, 4.69) is 19.1 Å². The maximum Gasteiger partial charge on any atom is 0.414 e. The lowest BCUT2D eigenvalue weighted by molar-refractivity contribution is 0.176. The fourth-order valence-electron chi connectivity index (χ4n) is 3.52. The fraction of sp³-hybridized carbons (Fsp3) is 0.588. The average molecular weight is 273 g/mol. The summed E-state index contributed by atoms with van der Waals surface area (Å²) >= 11 is 0. The predicted octanol–water partition coefficient (Wildman–Crippen LogP) is 4.15. The molecule has 0 unspecified atom stereocenters. The lowest BCUT2D eigenvalue weighted by Crippen LogP contribution is -2.43. The molecule has 3 heteroatoms. The third-order valence-corrected chi connectivity index (χ3v) is 4.61. The first kappa shape index (κ1) is 13.5. The lowest BCUT2D eigenvalue weighted by Gasteiger charge is -2.35. The van der Waals surface area contributed by atoms with Crippen LogP contribution in [0.25, 0.3) is 0 Å². The highest BCUT2D eigenvalue weighted by molar-refractivity contribution is 5.92. The van der Waals surface area contributed by atoms with Gasteiger partial charge in [-0.3, -0.25) is 4.90 Å². The Morgan fingerprint density at radius 2 is 2.10 bits per heavy atom. The van der Waals surface area contributed by atoms with Gasteiger partial charge < -0.3 is 4.74 Å². The van der Waals surface area contributed by atoms with E-state index in [-0.39, 0.29) is 12.1 Å². The van der Waals surface area contributed by atoms with E-state index in [1.54, 1.807) is 0 Å². The Morgan fingerprint density at radius 1 is 1.25 bits per heavy atom. The van der Waals surface area contributed by atoms with Crippen molar-refractivity contribution >= 4 is 11.8 Å². The van der Waals surface area contributed by atoms with E-state index < -0.39 is 0 Å². The van der Waals surface area contributed by atoms with E-state index in [4.69, 9.17) is 4.74 Å². The van der Waals surface area contributed by atoms with Crippen LogP contribution in [0.5, 0.6) is 0 Å². The first-order valence-electron chi connectivity index (χ1n) is 7.85. The van der Waals surface area contributed by atoms with Crippen molar-refractivity contribution in [2.45, 2.75) is 51.5 Å². The molecule has 2 aliphatic rings. The van der Waals surface area contributed by atoms with Gasteiger partial charge in [0.1, 0.15) is 6.61 Å². The molecule has 2 atom stereocenters. The van der Waals surface area contributed by atoms with Crippen LogP contribution in [0, 0.1) is 5.92 Å². The molecule has 108 valence electrons. The van der Waals surface area contributed by atoms with Gasteiger partial charge in [0.15, 0.2) is 0 Å². The number of rotatable bonds is 5. The highest BCUT2D eigenvalue weighted by Gasteiger charge is 2.43. The number of para-hydroxylation sites is 1. The van der Waals surface area contributed by atoms with E-state index in [0.29, 0.717) is 12.5 Å². The second-order valence-electron chi connectivity index (χ2n) is 5.96. The van der Waals surface area contributed by atoms with Gasteiger partial charge in [-0.15, -0.1) is 0 Å². The summed E-state index contributed by atoms with van der Waals surface area (Å²) in [4.78, 5) is 13.9. The number of fused-ring (bicyclic) bond motifs is 3. The van der Waals surface area contributed by atoms with Crippen LogP contribution in [-0.4, -0.2) is 18.7 Å². The van der Waals surface area contributed by atoms with Gasteiger partial charge in [-0.1, -0.05) is 50.8 Å². The molecule has 2 aliphatic heterocycles. The number of hydrogen-bond acceptors (Lipinski definition) is 2. The van der Waals surface area contributed by atoms with Crippen molar-refractivity contribution in [2.24, 2.45) is 5.92 Å². The van der Waals surface area contributed by atoms with Crippen molar-refractivity contribution in [2.75, 3.05) is 11.5 Å². The van der Waals surface area contributed by atoms with Gasteiger partial charge in [-0.05, 0) is 30.4 Å². The van der Waals surface area contributed by atoms with E-state index in [0.717, 1.165) is 12.1 Å². The molecule has 0 N–H and O–H groups in total. The largest absolute Gasteiger partial charge is 0.447 e. The Hall–Kier alpha value is -1.51. The molecular formula is C17H23NO2. The summed E-state index contributed by atoms with van der Waals surface area (Å²) in [7, 11) is 0. The Labute approximate surface area is 120 Å². The monoisotopic (exact) mass is 273 g/mol. The number of carbonyl (C=O) groups excluding carboxylic acids is 1. The van der Waals surface area contributed by atoms with Gasteiger partial charge in [-0.25, -0.2) is 4.79 Å². The van der Waals surface area contributed by atoms with Crippen LogP contribution in [-0.2, 0) is 11.2 Å². The topological polar surface area (TPSA) is 29.5 Å². The van der Waals surface area contributed by atoms with Gasteiger partial charge in [0, 0.05) is 0 Å². The quantitative estimate of drug-likeness (QED) is 0.754. The minimum Gasteiger partial charge on any atom is -0.447 e. The molecule has 0 radical (unpaired) electrons. The normalized spacial score (nSPS) is 24.2. The lowest BCUT2D eigenvalue weighted by atomic mass is 9.83. The van der Waals surface area contributed by atoms with E-state index in [9.17, 15) is 4.79 Å². The summed E-state index contributed by atoms with van der Waals surface area (Å²) in [6, 6.07) is 8.51. The summed E-state index contributed by atoms with van der Waals surface area (Å²) in [5, 5.41) is 0. The van der Waals surface area contributed by atoms with Crippen LogP contribution in [0.4, 0.5) is 10.5 Å². The number of unbranched alkanes of at least 4 members (excludes halogenated alkanes) is 3. The number of amides is 1. The van der Waals surface area contributed by atoms with Gasteiger partial charge >= 0.3 is 6.09 Å². The zero-order chi connectivity index (χ0) is 13.9. The third-order valence-electron chi connectivity index (χ3n) is 4.61. The summed E-state index contributed by atoms with van der Waals surface area (Å²) in [6.45, 7) is 2.80. The number of cyclic esters (lactones) is 1. The standard InChI is InChI=1S/C17H23NO2/c1-2-3-4-5-8-14-11-13-9-6-7-10-15(13)18-16(14)12-20-17(18)19/h6-7,9-10,14,16H,2-5,8,11-12H2,1H3/t14-,16+/m0/s1. The number of benzene rings is 1. The maximum atomic E-state index is 12.0. The maximum absolute atomic E-state index is 12.0. The fourth-order valence-corrected chi connectivity index (χ4v) is 3.52. The minimum absolute atomic E-state index is 0.166. The molecule has 1 fully saturated rings. The van der Waals surface area contributed by atoms with E-state index >= 15 is 0 Å². The molecule has 20 heavy (non-hydrogen) atoms. The molecule has 1 saturated heterocycles. The second-order valence-corrected chi connectivity index (χ2v) is 5.96. The van der Waals surface area contributed by atoms with E-state index in [1.165, 1.54) is 37.7 Å². The Balaban J connectivity index is 1.76. The highest BCUT2D eigenvalue weighted by atomic mass is 16.6. The van der Waals surface area contributed by atoms with Crippen molar-refractivity contribution in [3.8, 4) is 0 Å². The van der Waals surface area contributed by atoms with Crippen LogP contribution < -0.4 is 4.90 Å². The van der Waals surface area contributed by atoms with Gasteiger partial charge in [0.05, 0.1) is 11.7 Å².